The summed E-state index contributed by atoms with van der Waals surface area (Å²) < 4.78 is 0. The van der Waals surface area contributed by atoms with Crippen LogP contribution in [-0.4, -0.2) is 10.9 Å². The van der Waals surface area contributed by atoms with Gasteiger partial charge in [-0.25, -0.2) is 4.98 Å². The van der Waals surface area contributed by atoms with E-state index in [1.807, 2.05) is 17.7 Å². The Labute approximate surface area is 107 Å². The van der Waals surface area contributed by atoms with Crippen LogP contribution in [-0.2, 0) is 0 Å². The Balaban J connectivity index is 2.10. The van der Waals surface area contributed by atoms with E-state index in [-0.39, 0.29) is 11.9 Å². The molecular weight excluding hydrogens is 254 g/mol. The number of aromatic nitrogens is 1. The second kappa shape index (κ2) is 5.29. The van der Waals surface area contributed by atoms with E-state index < -0.39 is 0 Å². The number of nitrogens with one attached hydrogen (secondary N) is 1. The molecule has 0 spiro atoms. The van der Waals surface area contributed by atoms with E-state index in [9.17, 15) is 4.79 Å². The average molecular weight is 267 g/mol. The zero-order valence-electron chi connectivity index (χ0n) is 9.34. The number of thiazole rings is 1. The first-order valence-corrected chi connectivity index (χ1v) is 7.01. The molecule has 0 aliphatic carbocycles. The van der Waals surface area contributed by atoms with Crippen molar-refractivity contribution in [1.29, 1.82) is 0 Å². The number of nitrogens with zero attached hydrogens (tertiary/aromatic N) is 1. The molecule has 6 heteroatoms. The fourth-order valence-corrected chi connectivity index (χ4v) is 2.97. The van der Waals surface area contributed by atoms with Gasteiger partial charge >= 0.3 is 0 Å². The quantitative estimate of drug-likeness (QED) is 0.895. The minimum atomic E-state index is -0.125. The van der Waals surface area contributed by atoms with E-state index in [1.165, 1.54) is 11.3 Å². The number of nitrogen functional groups attached to an aromatic ring is 1. The lowest BCUT2D eigenvalue weighted by molar-refractivity contribution is 0.0940. The minimum absolute atomic E-state index is 0.0380. The summed E-state index contributed by atoms with van der Waals surface area (Å²) in [6, 6.07) is 1.70. The molecule has 2 aromatic rings. The summed E-state index contributed by atoms with van der Waals surface area (Å²) in [5.41, 5.74) is 6.24. The number of hydrogen-bond donors (Lipinski definition) is 2. The number of carbonyl (C=O) groups is 1. The third-order valence-corrected chi connectivity index (χ3v) is 4.18. The highest BCUT2D eigenvalue weighted by Gasteiger charge is 2.18. The van der Waals surface area contributed by atoms with Crippen LogP contribution in [0.25, 0.3) is 0 Å². The lowest BCUT2D eigenvalue weighted by Gasteiger charge is -2.13. The molecular formula is C11H13N3OS2. The molecule has 1 unspecified atom stereocenters. The number of nitrogens with two attached hydrogens (primary N) is 1. The van der Waals surface area contributed by atoms with Gasteiger partial charge in [-0.3, -0.25) is 4.79 Å². The molecule has 0 aliphatic heterocycles. The Morgan fingerprint density at radius 3 is 2.88 bits per heavy atom. The van der Waals surface area contributed by atoms with Crippen LogP contribution in [0.4, 0.5) is 5.69 Å². The zero-order valence-corrected chi connectivity index (χ0v) is 11.0. The SMILES string of the molecule is CCC(NC(=O)c1sccc1N)c1nccs1. The second-order valence-electron chi connectivity index (χ2n) is 3.51. The maximum atomic E-state index is 12.0. The lowest BCUT2D eigenvalue weighted by atomic mass is 10.2. The van der Waals surface area contributed by atoms with E-state index >= 15 is 0 Å². The molecule has 0 aliphatic rings. The Morgan fingerprint density at radius 1 is 1.53 bits per heavy atom. The monoisotopic (exact) mass is 267 g/mol. The number of anilines is 1. The molecule has 0 aromatic carbocycles. The predicted molar refractivity (Wildman–Crippen MR) is 71.3 cm³/mol. The van der Waals surface area contributed by atoms with E-state index in [0.717, 1.165) is 11.4 Å². The lowest BCUT2D eigenvalue weighted by Crippen LogP contribution is -2.27. The molecule has 1 amide bonds. The van der Waals surface area contributed by atoms with Gasteiger partial charge in [0.2, 0.25) is 0 Å². The molecule has 0 saturated heterocycles. The van der Waals surface area contributed by atoms with Gasteiger partial charge in [0.05, 0.1) is 11.7 Å². The van der Waals surface area contributed by atoms with Gasteiger partial charge in [-0.2, -0.15) is 0 Å². The van der Waals surface area contributed by atoms with Gasteiger partial charge in [0.1, 0.15) is 9.88 Å². The van der Waals surface area contributed by atoms with Gasteiger partial charge in [-0.15, -0.1) is 22.7 Å². The molecule has 90 valence electrons. The van der Waals surface area contributed by atoms with Gasteiger partial charge in [-0.1, -0.05) is 6.92 Å². The number of carbonyl (C=O) groups excluding carboxylic acids is 1. The van der Waals surface area contributed by atoms with Crippen LogP contribution in [0.15, 0.2) is 23.0 Å². The van der Waals surface area contributed by atoms with Crippen LogP contribution in [0.3, 0.4) is 0 Å². The van der Waals surface area contributed by atoms with Gasteiger partial charge < -0.3 is 11.1 Å². The van der Waals surface area contributed by atoms with Gasteiger partial charge in [0.25, 0.3) is 5.91 Å². The first-order valence-electron chi connectivity index (χ1n) is 5.25. The van der Waals surface area contributed by atoms with Crippen molar-refractivity contribution in [1.82, 2.24) is 10.3 Å². The molecule has 1 atom stereocenters. The standard InChI is InChI=1S/C11H13N3OS2/c1-2-8(11-13-4-6-17-11)14-10(15)9-7(12)3-5-16-9/h3-6,8H,2,12H2,1H3,(H,14,15). The molecule has 0 radical (unpaired) electrons. The van der Waals surface area contributed by atoms with Crippen molar-refractivity contribution in [3.8, 4) is 0 Å². The molecule has 17 heavy (non-hydrogen) atoms. The van der Waals surface area contributed by atoms with Gasteiger partial charge in [0, 0.05) is 11.6 Å². The first kappa shape index (κ1) is 12.1. The van der Waals surface area contributed by atoms with E-state index in [2.05, 4.69) is 10.3 Å². The largest absolute Gasteiger partial charge is 0.397 e. The zero-order chi connectivity index (χ0) is 12.3. The molecule has 4 nitrogen and oxygen atoms in total. The highest BCUT2D eigenvalue weighted by atomic mass is 32.1. The third kappa shape index (κ3) is 2.65. The Bertz CT molecular complexity index is 493. The van der Waals surface area contributed by atoms with Crippen molar-refractivity contribution in [2.75, 3.05) is 5.73 Å². The molecule has 2 aromatic heterocycles. The number of rotatable bonds is 4. The van der Waals surface area contributed by atoms with E-state index in [0.29, 0.717) is 10.6 Å². The molecule has 0 bridgehead atoms. The van der Waals surface area contributed by atoms with Crippen LogP contribution < -0.4 is 11.1 Å². The Hall–Kier alpha value is -1.40. The smallest absolute Gasteiger partial charge is 0.264 e. The Morgan fingerprint density at radius 2 is 2.35 bits per heavy atom. The minimum Gasteiger partial charge on any atom is -0.397 e. The van der Waals surface area contributed by atoms with Gasteiger partial charge in [0.15, 0.2) is 0 Å². The number of hydrogen-bond acceptors (Lipinski definition) is 5. The second-order valence-corrected chi connectivity index (χ2v) is 5.35. The summed E-state index contributed by atoms with van der Waals surface area (Å²) in [6.07, 6.45) is 2.55. The van der Waals surface area contributed by atoms with Crippen molar-refractivity contribution >= 4 is 34.3 Å². The summed E-state index contributed by atoms with van der Waals surface area (Å²) >= 11 is 2.90. The van der Waals surface area contributed by atoms with Crippen LogP contribution in [0, 0.1) is 0 Å². The molecule has 0 saturated carbocycles. The van der Waals surface area contributed by atoms with Crippen LogP contribution in [0.2, 0.25) is 0 Å². The highest BCUT2D eigenvalue weighted by molar-refractivity contribution is 7.12. The van der Waals surface area contributed by atoms with E-state index in [1.54, 1.807) is 23.6 Å². The topological polar surface area (TPSA) is 68.0 Å². The van der Waals surface area contributed by atoms with E-state index in [4.69, 9.17) is 5.73 Å². The summed E-state index contributed by atoms with van der Waals surface area (Å²) in [4.78, 5) is 16.8. The van der Waals surface area contributed by atoms with Crippen molar-refractivity contribution in [2.24, 2.45) is 0 Å². The predicted octanol–water partition coefficient (Wildman–Crippen LogP) is 2.67. The summed E-state index contributed by atoms with van der Waals surface area (Å²) in [6.45, 7) is 2.02. The summed E-state index contributed by atoms with van der Waals surface area (Å²) in [5, 5.41) is 7.60. The van der Waals surface area contributed by atoms with Crippen molar-refractivity contribution < 1.29 is 4.79 Å². The highest BCUT2D eigenvalue weighted by Crippen LogP contribution is 2.22. The molecule has 3 N–H and O–H groups in total. The van der Waals surface area contributed by atoms with Crippen molar-refractivity contribution in [3.63, 3.8) is 0 Å². The first-order chi connectivity index (χ1) is 8.22. The number of thiophene rings is 1. The molecule has 0 fully saturated rings. The van der Waals surface area contributed by atoms with Crippen molar-refractivity contribution in [3.05, 3.63) is 32.9 Å². The summed E-state index contributed by atoms with van der Waals surface area (Å²) in [5.74, 6) is -0.125. The van der Waals surface area contributed by atoms with Gasteiger partial charge in [-0.05, 0) is 17.9 Å². The van der Waals surface area contributed by atoms with Crippen molar-refractivity contribution in [2.45, 2.75) is 19.4 Å². The Kier molecular flexibility index (Phi) is 3.75. The van der Waals surface area contributed by atoms with Crippen LogP contribution >= 0.6 is 22.7 Å². The van der Waals surface area contributed by atoms with Crippen LogP contribution in [0.1, 0.15) is 34.1 Å². The van der Waals surface area contributed by atoms with Crippen LogP contribution in [0.5, 0.6) is 0 Å². The molecule has 2 rings (SSSR count). The normalized spacial score (nSPS) is 12.3. The number of amides is 1. The molecule has 2 heterocycles. The maximum Gasteiger partial charge on any atom is 0.264 e. The fraction of sp³-hybridized carbons (Fsp3) is 0.273. The summed E-state index contributed by atoms with van der Waals surface area (Å²) in [7, 11) is 0. The maximum absolute atomic E-state index is 12.0. The third-order valence-electron chi connectivity index (χ3n) is 2.37. The average Bonchev–Trinajstić information content (AvgIpc) is 2.96. The fourth-order valence-electron chi connectivity index (χ4n) is 1.47.